The zero-order chi connectivity index (χ0) is 13.1. The molecule has 1 heterocycles. The Labute approximate surface area is 120 Å². The van der Waals surface area contributed by atoms with E-state index in [1.807, 2.05) is 0 Å². The van der Waals surface area contributed by atoms with E-state index in [2.05, 4.69) is 40.3 Å². The van der Waals surface area contributed by atoms with Crippen LogP contribution in [0, 0.1) is 5.92 Å². The molecule has 1 unspecified atom stereocenters. The molecule has 100 valence electrons. The Bertz CT molecular complexity index is 413. The standard InChI is InChI=1S/C13H18BrNO2S/c1-8(11-6-7-12(14)18-11)15-10-4-2-9(3-5-10)13(16)17/h6-10,15H,2-5H2,1H3,(H,16,17). The van der Waals surface area contributed by atoms with Gasteiger partial charge in [-0.1, -0.05) is 0 Å². The predicted octanol–water partition coefficient (Wildman–Crippen LogP) is 3.80. The summed E-state index contributed by atoms with van der Waals surface area (Å²) in [7, 11) is 0. The van der Waals surface area contributed by atoms with Crippen LogP contribution in [0.15, 0.2) is 15.9 Å². The Hall–Kier alpha value is -0.390. The van der Waals surface area contributed by atoms with E-state index in [1.54, 1.807) is 11.3 Å². The van der Waals surface area contributed by atoms with Crippen molar-refractivity contribution in [1.82, 2.24) is 5.32 Å². The number of hydrogen-bond acceptors (Lipinski definition) is 3. The van der Waals surface area contributed by atoms with Crippen LogP contribution in [0.1, 0.15) is 43.5 Å². The van der Waals surface area contributed by atoms with E-state index in [0.29, 0.717) is 12.1 Å². The van der Waals surface area contributed by atoms with Crippen LogP contribution < -0.4 is 5.32 Å². The summed E-state index contributed by atoms with van der Waals surface area (Å²) in [5.74, 6) is -0.766. The third kappa shape index (κ3) is 3.56. The molecule has 0 aliphatic heterocycles. The van der Waals surface area contributed by atoms with Gasteiger partial charge < -0.3 is 10.4 Å². The van der Waals surface area contributed by atoms with Gasteiger partial charge in [-0.3, -0.25) is 4.79 Å². The highest BCUT2D eigenvalue weighted by atomic mass is 79.9. The summed E-state index contributed by atoms with van der Waals surface area (Å²) in [6.45, 7) is 2.17. The zero-order valence-corrected chi connectivity index (χ0v) is 12.8. The second-order valence-corrected chi connectivity index (χ2v) is 7.41. The molecule has 1 fully saturated rings. The molecule has 5 heteroatoms. The molecule has 0 spiro atoms. The summed E-state index contributed by atoms with van der Waals surface area (Å²) in [5.41, 5.74) is 0. The van der Waals surface area contributed by atoms with E-state index in [1.165, 1.54) is 4.88 Å². The number of carboxylic acids is 1. The van der Waals surface area contributed by atoms with Crippen LogP contribution >= 0.6 is 27.3 Å². The molecule has 0 radical (unpaired) electrons. The Morgan fingerprint density at radius 2 is 2.11 bits per heavy atom. The van der Waals surface area contributed by atoms with Crippen LogP contribution in [0.25, 0.3) is 0 Å². The van der Waals surface area contributed by atoms with Gasteiger partial charge in [0.25, 0.3) is 0 Å². The zero-order valence-electron chi connectivity index (χ0n) is 10.4. The Morgan fingerprint density at radius 3 is 2.61 bits per heavy atom. The molecular formula is C13H18BrNO2S. The largest absolute Gasteiger partial charge is 0.481 e. The average molecular weight is 332 g/mol. The second-order valence-electron chi connectivity index (χ2n) is 4.92. The van der Waals surface area contributed by atoms with Gasteiger partial charge in [0.15, 0.2) is 0 Å². The van der Waals surface area contributed by atoms with Crippen LogP contribution in [-0.4, -0.2) is 17.1 Å². The molecule has 2 rings (SSSR count). The fourth-order valence-electron chi connectivity index (χ4n) is 2.50. The van der Waals surface area contributed by atoms with Crippen molar-refractivity contribution in [2.24, 2.45) is 5.92 Å². The molecule has 1 aromatic rings. The van der Waals surface area contributed by atoms with Crippen molar-refractivity contribution in [3.8, 4) is 0 Å². The van der Waals surface area contributed by atoms with Crippen molar-refractivity contribution in [3.05, 3.63) is 20.8 Å². The van der Waals surface area contributed by atoms with Crippen LogP contribution in [0.3, 0.4) is 0 Å². The lowest BCUT2D eigenvalue weighted by Crippen LogP contribution is -2.36. The molecule has 0 saturated heterocycles. The third-order valence-electron chi connectivity index (χ3n) is 3.58. The van der Waals surface area contributed by atoms with Gasteiger partial charge in [0.05, 0.1) is 9.70 Å². The van der Waals surface area contributed by atoms with Crippen molar-refractivity contribution in [1.29, 1.82) is 0 Å². The summed E-state index contributed by atoms with van der Waals surface area (Å²) < 4.78 is 1.15. The molecule has 18 heavy (non-hydrogen) atoms. The van der Waals surface area contributed by atoms with E-state index in [9.17, 15) is 4.79 Å². The molecule has 1 aromatic heterocycles. The Morgan fingerprint density at radius 1 is 1.44 bits per heavy atom. The summed E-state index contributed by atoms with van der Waals surface area (Å²) in [4.78, 5) is 12.2. The number of carbonyl (C=O) groups is 1. The first kappa shape index (κ1) is 14.0. The van der Waals surface area contributed by atoms with E-state index in [-0.39, 0.29) is 5.92 Å². The molecule has 1 aliphatic carbocycles. The van der Waals surface area contributed by atoms with Gasteiger partial charge in [-0.25, -0.2) is 0 Å². The highest BCUT2D eigenvalue weighted by Crippen LogP contribution is 2.30. The predicted molar refractivity (Wildman–Crippen MR) is 77.0 cm³/mol. The number of nitrogens with one attached hydrogen (secondary N) is 1. The molecule has 1 atom stereocenters. The first-order valence-corrected chi connectivity index (χ1v) is 7.91. The van der Waals surface area contributed by atoms with E-state index in [4.69, 9.17) is 5.11 Å². The number of halogens is 1. The Kier molecular flexibility index (Phi) is 4.81. The minimum absolute atomic E-state index is 0.130. The van der Waals surface area contributed by atoms with Gasteiger partial charge in [0.1, 0.15) is 0 Å². The summed E-state index contributed by atoms with van der Waals surface area (Å²) in [6.07, 6.45) is 3.53. The molecule has 0 aromatic carbocycles. The van der Waals surface area contributed by atoms with Crippen LogP contribution in [0.2, 0.25) is 0 Å². The van der Waals surface area contributed by atoms with Gasteiger partial charge in [-0.05, 0) is 60.7 Å². The maximum Gasteiger partial charge on any atom is 0.306 e. The summed E-state index contributed by atoms with van der Waals surface area (Å²) in [5, 5.41) is 12.6. The van der Waals surface area contributed by atoms with Gasteiger partial charge in [0.2, 0.25) is 0 Å². The molecular weight excluding hydrogens is 314 g/mol. The van der Waals surface area contributed by atoms with E-state index in [0.717, 1.165) is 29.5 Å². The third-order valence-corrected chi connectivity index (χ3v) is 5.39. The lowest BCUT2D eigenvalue weighted by Gasteiger charge is -2.29. The topological polar surface area (TPSA) is 49.3 Å². The first-order chi connectivity index (χ1) is 8.56. The molecule has 2 N–H and O–H groups in total. The maximum atomic E-state index is 10.9. The fraction of sp³-hybridized carbons (Fsp3) is 0.615. The normalized spacial score (nSPS) is 25.9. The molecule has 0 bridgehead atoms. The lowest BCUT2D eigenvalue weighted by atomic mass is 9.86. The second kappa shape index (κ2) is 6.17. The quantitative estimate of drug-likeness (QED) is 0.882. The van der Waals surface area contributed by atoms with Gasteiger partial charge >= 0.3 is 5.97 Å². The van der Waals surface area contributed by atoms with Gasteiger partial charge in [-0.15, -0.1) is 11.3 Å². The molecule has 1 saturated carbocycles. The highest BCUT2D eigenvalue weighted by Gasteiger charge is 2.26. The van der Waals surface area contributed by atoms with Crippen molar-refractivity contribution >= 4 is 33.2 Å². The van der Waals surface area contributed by atoms with E-state index >= 15 is 0 Å². The minimum atomic E-state index is -0.635. The first-order valence-electron chi connectivity index (χ1n) is 6.30. The number of thiophene rings is 1. The monoisotopic (exact) mass is 331 g/mol. The molecule has 0 amide bonds. The Balaban J connectivity index is 1.83. The lowest BCUT2D eigenvalue weighted by molar-refractivity contribution is -0.142. The smallest absolute Gasteiger partial charge is 0.306 e. The van der Waals surface area contributed by atoms with E-state index < -0.39 is 5.97 Å². The summed E-state index contributed by atoms with van der Waals surface area (Å²) in [6, 6.07) is 5.00. The highest BCUT2D eigenvalue weighted by molar-refractivity contribution is 9.11. The van der Waals surface area contributed by atoms with Crippen molar-refractivity contribution in [2.75, 3.05) is 0 Å². The SMILES string of the molecule is CC(NC1CCC(C(=O)O)CC1)c1ccc(Br)s1. The molecule has 3 nitrogen and oxygen atoms in total. The fourth-order valence-corrected chi connectivity index (χ4v) is 3.94. The van der Waals surface area contributed by atoms with Crippen molar-refractivity contribution in [2.45, 2.75) is 44.7 Å². The maximum absolute atomic E-state index is 10.9. The van der Waals surface area contributed by atoms with Crippen molar-refractivity contribution in [3.63, 3.8) is 0 Å². The number of rotatable bonds is 4. The van der Waals surface area contributed by atoms with Gasteiger partial charge in [0, 0.05) is 17.0 Å². The van der Waals surface area contributed by atoms with Crippen LogP contribution in [0.5, 0.6) is 0 Å². The number of carboxylic acid groups (broad SMARTS) is 1. The van der Waals surface area contributed by atoms with Crippen LogP contribution in [-0.2, 0) is 4.79 Å². The van der Waals surface area contributed by atoms with Crippen molar-refractivity contribution < 1.29 is 9.90 Å². The van der Waals surface area contributed by atoms with Gasteiger partial charge in [-0.2, -0.15) is 0 Å². The molecule has 1 aliphatic rings. The summed E-state index contributed by atoms with van der Waals surface area (Å²) >= 11 is 5.22. The number of aliphatic carboxylic acids is 1. The minimum Gasteiger partial charge on any atom is -0.481 e. The number of hydrogen-bond donors (Lipinski definition) is 2. The average Bonchev–Trinajstić information content (AvgIpc) is 2.76. The van der Waals surface area contributed by atoms with Crippen LogP contribution in [0.4, 0.5) is 0 Å².